The highest BCUT2D eigenvalue weighted by molar-refractivity contribution is 5.93. The summed E-state index contributed by atoms with van der Waals surface area (Å²) in [5.74, 6) is -0.759. The maximum Gasteiger partial charge on any atom is 0.219 e. The lowest BCUT2D eigenvalue weighted by molar-refractivity contribution is -0.130. The zero-order valence-electron chi connectivity index (χ0n) is 10.9. The molecule has 0 radical (unpaired) electrons. The number of nitrogens with zero attached hydrogens (tertiary/aromatic N) is 1. The molecule has 0 aromatic carbocycles. The lowest BCUT2D eigenvalue weighted by atomic mass is 10.0. The van der Waals surface area contributed by atoms with E-state index in [0.29, 0.717) is 6.54 Å². The molecule has 1 aliphatic rings. The maximum atomic E-state index is 12.0. The number of Topliss-reactive ketones (excluding diaryl/α,β-unsaturated/α-hetero) is 2. The Balaban J connectivity index is 2.68. The zero-order chi connectivity index (χ0) is 13.9. The Hall–Kier alpha value is -1.27. The molecule has 0 bridgehead atoms. The van der Waals surface area contributed by atoms with Crippen molar-refractivity contribution in [3.8, 4) is 0 Å². The Morgan fingerprint density at radius 1 is 1.39 bits per heavy atom. The number of primary amides is 1. The van der Waals surface area contributed by atoms with E-state index in [4.69, 9.17) is 11.5 Å². The summed E-state index contributed by atoms with van der Waals surface area (Å²) >= 11 is 0. The van der Waals surface area contributed by atoms with Crippen LogP contribution in [-0.2, 0) is 14.4 Å². The predicted octanol–water partition coefficient (Wildman–Crippen LogP) is -0.800. The van der Waals surface area contributed by atoms with Crippen LogP contribution in [0.5, 0.6) is 0 Å². The van der Waals surface area contributed by atoms with E-state index < -0.39 is 18.0 Å². The Labute approximate surface area is 107 Å². The van der Waals surface area contributed by atoms with E-state index in [-0.39, 0.29) is 24.0 Å². The van der Waals surface area contributed by atoms with Crippen molar-refractivity contribution >= 4 is 17.5 Å². The second-order valence-electron chi connectivity index (χ2n) is 4.86. The highest BCUT2D eigenvalue weighted by Gasteiger charge is 2.36. The van der Waals surface area contributed by atoms with Gasteiger partial charge in [0.25, 0.3) is 0 Å². The molecule has 0 aliphatic carbocycles. The molecule has 6 heteroatoms. The van der Waals surface area contributed by atoms with Crippen molar-refractivity contribution < 1.29 is 14.4 Å². The quantitative estimate of drug-likeness (QED) is 0.646. The molecule has 6 nitrogen and oxygen atoms in total. The molecule has 1 saturated heterocycles. The van der Waals surface area contributed by atoms with Crippen molar-refractivity contribution in [2.45, 2.75) is 51.2 Å². The summed E-state index contributed by atoms with van der Waals surface area (Å²) in [6.07, 6.45) is 1.52. The number of rotatable bonds is 6. The van der Waals surface area contributed by atoms with Crippen LogP contribution in [0.25, 0.3) is 0 Å². The van der Waals surface area contributed by atoms with Gasteiger partial charge in [-0.1, -0.05) is 0 Å². The summed E-state index contributed by atoms with van der Waals surface area (Å²) in [5, 5.41) is 0. The Morgan fingerprint density at radius 2 is 2.00 bits per heavy atom. The highest BCUT2D eigenvalue weighted by atomic mass is 16.2. The summed E-state index contributed by atoms with van der Waals surface area (Å²) in [7, 11) is 0. The SMILES string of the molecule is CC(=O)C1CCCN1C(C)C(=O)C(N)CC(N)=O. The van der Waals surface area contributed by atoms with Crippen LogP contribution in [0.3, 0.4) is 0 Å². The van der Waals surface area contributed by atoms with Crippen molar-refractivity contribution in [2.75, 3.05) is 6.54 Å². The van der Waals surface area contributed by atoms with Crippen LogP contribution in [0.1, 0.15) is 33.1 Å². The van der Waals surface area contributed by atoms with Crippen LogP contribution in [0.4, 0.5) is 0 Å². The predicted molar refractivity (Wildman–Crippen MR) is 66.7 cm³/mol. The fourth-order valence-corrected chi connectivity index (χ4v) is 2.48. The molecule has 1 heterocycles. The molecule has 102 valence electrons. The minimum Gasteiger partial charge on any atom is -0.370 e. The van der Waals surface area contributed by atoms with Gasteiger partial charge in [-0.25, -0.2) is 0 Å². The van der Waals surface area contributed by atoms with Crippen LogP contribution in [0.2, 0.25) is 0 Å². The molecule has 0 saturated carbocycles. The lowest BCUT2D eigenvalue weighted by Crippen LogP contribution is -2.50. The zero-order valence-corrected chi connectivity index (χ0v) is 10.9. The molecule has 0 spiro atoms. The first-order valence-electron chi connectivity index (χ1n) is 6.18. The molecule has 1 amide bonds. The number of carbonyl (C=O) groups is 3. The number of amides is 1. The van der Waals surface area contributed by atoms with Crippen LogP contribution in [0.15, 0.2) is 0 Å². The molecule has 1 fully saturated rings. The molecular weight excluding hydrogens is 234 g/mol. The van der Waals surface area contributed by atoms with Crippen LogP contribution >= 0.6 is 0 Å². The summed E-state index contributed by atoms with van der Waals surface area (Å²) < 4.78 is 0. The van der Waals surface area contributed by atoms with Crippen molar-refractivity contribution in [1.82, 2.24) is 4.90 Å². The Morgan fingerprint density at radius 3 is 2.50 bits per heavy atom. The van der Waals surface area contributed by atoms with Gasteiger partial charge in [0.15, 0.2) is 5.78 Å². The summed E-state index contributed by atoms with van der Waals surface area (Å²) in [5.41, 5.74) is 10.7. The minimum absolute atomic E-state index is 0.0654. The van der Waals surface area contributed by atoms with Gasteiger partial charge in [-0.2, -0.15) is 0 Å². The summed E-state index contributed by atoms with van der Waals surface area (Å²) in [4.78, 5) is 36.1. The summed E-state index contributed by atoms with van der Waals surface area (Å²) in [6, 6.07) is -1.54. The third-order valence-corrected chi connectivity index (χ3v) is 3.46. The number of hydrogen-bond acceptors (Lipinski definition) is 5. The Kier molecular flexibility index (Phi) is 4.98. The van der Waals surface area contributed by atoms with Crippen molar-refractivity contribution in [3.63, 3.8) is 0 Å². The highest BCUT2D eigenvalue weighted by Crippen LogP contribution is 2.21. The van der Waals surface area contributed by atoms with Gasteiger partial charge >= 0.3 is 0 Å². The van der Waals surface area contributed by atoms with Gasteiger partial charge in [-0.15, -0.1) is 0 Å². The van der Waals surface area contributed by atoms with Gasteiger partial charge < -0.3 is 11.5 Å². The van der Waals surface area contributed by atoms with Gasteiger partial charge in [0.05, 0.1) is 18.1 Å². The first-order valence-corrected chi connectivity index (χ1v) is 6.18. The van der Waals surface area contributed by atoms with Crippen molar-refractivity contribution in [2.24, 2.45) is 11.5 Å². The number of ketones is 2. The van der Waals surface area contributed by atoms with Gasteiger partial charge in [-0.3, -0.25) is 19.3 Å². The van der Waals surface area contributed by atoms with Crippen LogP contribution in [-0.4, -0.2) is 47.0 Å². The van der Waals surface area contributed by atoms with Gasteiger partial charge in [-0.05, 0) is 33.2 Å². The van der Waals surface area contributed by atoms with E-state index >= 15 is 0 Å². The van der Waals surface area contributed by atoms with E-state index in [1.54, 1.807) is 6.92 Å². The average Bonchev–Trinajstić information content (AvgIpc) is 2.74. The molecule has 3 unspecified atom stereocenters. The second kappa shape index (κ2) is 6.06. The normalized spacial score (nSPS) is 23.6. The third-order valence-electron chi connectivity index (χ3n) is 3.46. The first kappa shape index (κ1) is 14.8. The number of carbonyl (C=O) groups excluding carboxylic acids is 3. The largest absolute Gasteiger partial charge is 0.370 e. The van der Waals surface area contributed by atoms with E-state index in [1.165, 1.54) is 6.92 Å². The molecule has 3 atom stereocenters. The average molecular weight is 255 g/mol. The fourth-order valence-electron chi connectivity index (χ4n) is 2.48. The third kappa shape index (κ3) is 3.36. The molecule has 0 aromatic rings. The molecule has 1 aliphatic heterocycles. The van der Waals surface area contributed by atoms with Gasteiger partial charge in [0, 0.05) is 6.42 Å². The molecule has 4 N–H and O–H groups in total. The van der Waals surface area contributed by atoms with Crippen LogP contribution < -0.4 is 11.5 Å². The summed E-state index contributed by atoms with van der Waals surface area (Å²) in [6.45, 7) is 3.97. The molecule has 18 heavy (non-hydrogen) atoms. The topological polar surface area (TPSA) is 106 Å². The number of nitrogens with two attached hydrogens (primary N) is 2. The van der Waals surface area contributed by atoms with E-state index in [1.807, 2.05) is 4.90 Å². The molecule has 1 rings (SSSR count). The smallest absolute Gasteiger partial charge is 0.219 e. The van der Waals surface area contributed by atoms with Crippen molar-refractivity contribution in [3.05, 3.63) is 0 Å². The first-order chi connectivity index (χ1) is 8.34. The fraction of sp³-hybridized carbons (Fsp3) is 0.750. The van der Waals surface area contributed by atoms with Gasteiger partial charge in [0.2, 0.25) is 5.91 Å². The maximum absolute atomic E-state index is 12.0. The van der Waals surface area contributed by atoms with E-state index in [9.17, 15) is 14.4 Å². The minimum atomic E-state index is -0.884. The van der Waals surface area contributed by atoms with Crippen LogP contribution in [0, 0.1) is 0 Å². The van der Waals surface area contributed by atoms with E-state index in [2.05, 4.69) is 0 Å². The number of hydrogen-bond donors (Lipinski definition) is 2. The van der Waals surface area contributed by atoms with E-state index in [0.717, 1.165) is 12.8 Å². The Bertz CT molecular complexity index is 356. The molecular formula is C12H21N3O3. The second-order valence-corrected chi connectivity index (χ2v) is 4.86. The van der Waals surface area contributed by atoms with Crippen molar-refractivity contribution in [1.29, 1.82) is 0 Å². The molecule has 0 aromatic heterocycles. The monoisotopic (exact) mass is 255 g/mol. The number of likely N-dealkylation sites (tertiary alicyclic amines) is 1. The standard InChI is InChI=1S/C12H21N3O3/c1-7(12(18)9(13)6-11(14)17)15-5-3-4-10(15)8(2)16/h7,9-10H,3-6,13H2,1-2H3,(H2,14,17). The van der Waals surface area contributed by atoms with Gasteiger partial charge in [0.1, 0.15) is 5.78 Å². The lowest BCUT2D eigenvalue weighted by Gasteiger charge is -2.29.